The summed E-state index contributed by atoms with van der Waals surface area (Å²) in [4.78, 5) is 51.3. The molecule has 3 atom stereocenters. The quantitative estimate of drug-likeness (QED) is 0.466. The smallest absolute Gasteiger partial charge is 0.414 e. The third kappa shape index (κ3) is 7.51. The summed E-state index contributed by atoms with van der Waals surface area (Å²) in [6.07, 6.45) is -2.50. The van der Waals surface area contributed by atoms with E-state index in [9.17, 15) is 24.3 Å². The summed E-state index contributed by atoms with van der Waals surface area (Å²) in [5.74, 6) is -1.16. The van der Waals surface area contributed by atoms with E-state index in [0.717, 1.165) is 5.56 Å². The molecule has 2 heterocycles. The Balaban J connectivity index is 1.36. The monoisotopic (exact) mass is 570 g/mol. The minimum Gasteiger partial charge on any atom is -0.444 e. The molecule has 2 saturated heterocycles. The van der Waals surface area contributed by atoms with Crippen LogP contribution >= 0.6 is 0 Å². The first-order chi connectivity index (χ1) is 19.3. The number of halogens is 1. The first kappa shape index (κ1) is 29.8. The lowest BCUT2D eigenvalue weighted by Crippen LogP contribution is -2.47. The van der Waals surface area contributed by atoms with Crippen molar-refractivity contribution in [3.05, 3.63) is 53.8 Å². The van der Waals surface area contributed by atoms with Crippen molar-refractivity contribution < 1.29 is 38.1 Å². The van der Waals surface area contributed by atoms with Crippen LogP contribution in [0.3, 0.4) is 0 Å². The van der Waals surface area contributed by atoms with E-state index in [1.54, 1.807) is 57.2 Å². The van der Waals surface area contributed by atoms with E-state index >= 15 is 4.39 Å². The van der Waals surface area contributed by atoms with Gasteiger partial charge in [-0.25, -0.2) is 14.0 Å². The second kappa shape index (κ2) is 12.1. The average molecular weight is 571 g/mol. The van der Waals surface area contributed by atoms with Crippen molar-refractivity contribution in [1.29, 1.82) is 0 Å². The molecule has 0 spiro atoms. The lowest BCUT2D eigenvalue weighted by molar-refractivity contribution is -0.125. The molecule has 2 aromatic carbocycles. The molecule has 11 nitrogen and oxygen atoms in total. The molecule has 0 bridgehead atoms. The molecular formula is C29H35FN4O7. The number of nitrogens with zero attached hydrogens (tertiary/aromatic N) is 2. The zero-order valence-electron chi connectivity index (χ0n) is 23.5. The standard InChI is InChI=1S/C29H35FN4O7/c1-17(35)31-14-22-16-33(27(38)40-22)20-9-10-23(24(30)11-20)19-7-5-18(6-8-19)13-32-26(37)25-12-21(36)15-34(25)28(39)41-29(2,3)4/h5-11,21-22,25,36H,12-16H2,1-4H3,(H,31,35)(H,32,37)/t21-,22+,25?/m1/s1. The Morgan fingerprint density at radius 1 is 1.10 bits per heavy atom. The third-order valence-electron chi connectivity index (χ3n) is 6.66. The maximum Gasteiger partial charge on any atom is 0.414 e. The molecule has 4 rings (SSSR count). The molecule has 1 unspecified atom stereocenters. The first-order valence-corrected chi connectivity index (χ1v) is 13.4. The van der Waals surface area contributed by atoms with E-state index in [0.29, 0.717) is 16.8 Å². The number of ether oxygens (including phenoxy) is 2. The van der Waals surface area contributed by atoms with Crippen LogP contribution in [-0.4, -0.2) is 77.5 Å². The fraction of sp³-hybridized carbons (Fsp3) is 0.448. The molecule has 2 fully saturated rings. The van der Waals surface area contributed by atoms with E-state index in [-0.39, 0.29) is 38.5 Å². The summed E-state index contributed by atoms with van der Waals surface area (Å²) in [5, 5.41) is 15.5. The zero-order chi connectivity index (χ0) is 29.9. The van der Waals surface area contributed by atoms with Crippen LogP contribution in [0.1, 0.15) is 39.7 Å². The highest BCUT2D eigenvalue weighted by atomic mass is 19.1. The van der Waals surface area contributed by atoms with Gasteiger partial charge in [-0.1, -0.05) is 24.3 Å². The van der Waals surface area contributed by atoms with E-state index in [1.807, 2.05) is 0 Å². The average Bonchev–Trinajstić information content (AvgIpc) is 3.48. The van der Waals surface area contributed by atoms with Crippen LogP contribution in [0, 0.1) is 5.82 Å². The zero-order valence-corrected chi connectivity index (χ0v) is 23.5. The molecule has 12 heteroatoms. The van der Waals surface area contributed by atoms with Gasteiger partial charge in [0.2, 0.25) is 11.8 Å². The fourth-order valence-corrected chi connectivity index (χ4v) is 4.70. The molecule has 2 aromatic rings. The molecule has 3 N–H and O–H groups in total. The predicted octanol–water partition coefficient (Wildman–Crippen LogP) is 2.94. The summed E-state index contributed by atoms with van der Waals surface area (Å²) < 4.78 is 25.7. The van der Waals surface area contributed by atoms with Crippen molar-refractivity contribution in [2.45, 2.75) is 64.5 Å². The summed E-state index contributed by atoms with van der Waals surface area (Å²) in [7, 11) is 0. The highest BCUT2D eigenvalue weighted by Crippen LogP contribution is 2.29. The van der Waals surface area contributed by atoms with Crippen molar-refractivity contribution in [1.82, 2.24) is 15.5 Å². The molecular weight excluding hydrogens is 535 g/mol. The highest BCUT2D eigenvalue weighted by Gasteiger charge is 2.40. The minimum absolute atomic E-state index is 0.0165. The van der Waals surface area contributed by atoms with E-state index in [2.05, 4.69) is 10.6 Å². The number of likely N-dealkylation sites (tertiary alicyclic amines) is 1. The number of cyclic esters (lactones) is 1. The summed E-state index contributed by atoms with van der Waals surface area (Å²) in [6.45, 7) is 7.11. The Labute approximate surface area is 237 Å². The van der Waals surface area contributed by atoms with Gasteiger partial charge in [0.25, 0.3) is 0 Å². The lowest BCUT2D eigenvalue weighted by Gasteiger charge is -2.27. The van der Waals surface area contributed by atoms with Crippen molar-refractivity contribution >= 4 is 29.7 Å². The molecule has 41 heavy (non-hydrogen) atoms. The Morgan fingerprint density at radius 3 is 2.44 bits per heavy atom. The Bertz CT molecular complexity index is 1310. The van der Waals surface area contributed by atoms with Crippen LogP contribution in [0.5, 0.6) is 0 Å². The van der Waals surface area contributed by atoms with Crippen molar-refractivity contribution in [3.8, 4) is 11.1 Å². The van der Waals surface area contributed by atoms with Crippen LogP contribution in [-0.2, 0) is 25.6 Å². The summed E-state index contributed by atoms with van der Waals surface area (Å²) in [5.41, 5.74) is 1.31. The molecule has 2 aliphatic heterocycles. The van der Waals surface area contributed by atoms with Gasteiger partial charge in [0.05, 0.1) is 31.4 Å². The SMILES string of the molecule is CC(=O)NC[C@H]1CN(c2ccc(-c3ccc(CNC(=O)C4C[C@@H](O)CN4C(=O)OC(C)(C)C)cc3)c(F)c2)C(=O)O1. The van der Waals surface area contributed by atoms with Gasteiger partial charge in [-0.3, -0.25) is 19.4 Å². The van der Waals surface area contributed by atoms with Crippen LogP contribution in [0.2, 0.25) is 0 Å². The summed E-state index contributed by atoms with van der Waals surface area (Å²) in [6, 6.07) is 10.6. The van der Waals surface area contributed by atoms with Gasteiger partial charge in [-0.15, -0.1) is 0 Å². The highest BCUT2D eigenvalue weighted by molar-refractivity contribution is 5.90. The van der Waals surface area contributed by atoms with Crippen molar-refractivity contribution in [2.75, 3.05) is 24.5 Å². The molecule has 4 amide bonds. The second-order valence-corrected chi connectivity index (χ2v) is 11.2. The van der Waals surface area contributed by atoms with Gasteiger partial charge in [0.1, 0.15) is 23.6 Å². The van der Waals surface area contributed by atoms with E-state index in [1.165, 1.54) is 22.8 Å². The maximum atomic E-state index is 15.1. The van der Waals surface area contributed by atoms with Crippen LogP contribution in [0.25, 0.3) is 11.1 Å². The van der Waals surface area contributed by atoms with E-state index in [4.69, 9.17) is 9.47 Å². The molecule has 0 radical (unpaired) electrons. The number of carbonyl (C=O) groups excluding carboxylic acids is 4. The minimum atomic E-state index is -0.847. The summed E-state index contributed by atoms with van der Waals surface area (Å²) >= 11 is 0. The van der Waals surface area contributed by atoms with Crippen LogP contribution in [0.4, 0.5) is 19.7 Å². The van der Waals surface area contributed by atoms with Crippen LogP contribution in [0.15, 0.2) is 42.5 Å². The number of aliphatic hydroxyl groups excluding tert-OH is 1. The third-order valence-corrected chi connectivity index (χ3v) is 6.66. The fourth-order valence-electron chi connectivity index (χ4n) is 4.70. The van der Waals surface area contributed by atoms with E-state index < -0.39 is 47.8 Å². The molecule has 220 valence electrons. The van der Waals surface area contributed by atoms with Crippen LogP contribution < -0.4 is 15.5 Å². The number of carbonyl (C=O) groups is 4. The van der Waals surface area contributed by atoms with Gasteiger partial charge >= 0.3 is 12.2 Å². The Morgan fingerprint density at radius 2 is 1.80 bits per heavy atom. The number of nitrogens with one attached hydrogen (secondary N) is 2. The number of rotatable bonds is 7. The second-order valence-electron chi connectivity index (χ2n) is 11.2. The number of hydrogen-bond acceptors (Lipinski definition) is 7. The number of amides is 4. The largest absolute Gasteiger partial charge is 0.444 e. The van der Waals surface area contributed by atoms with Gasteiger partial charge in [0.15, 0.2) is 0 Å². The number of hydrogen-bond donors (Lipinski definition) is 3. The normalized spacial score (nSPS) is 20.5. The molecule has 0 saturated carbocycles. The number of aliphatic hydroxyl groups is 1. The molecule has 2 aliphatic rings. The van der Waals surface area contributed by atoms with Crippen molar-refractivity contribution in [3.63, 3.8) is 0 Å². The molecule has 0 aliphatic carbocycles. The topological polar surface area (TPSA) is 138 Å². The van der Waals surface area contributed by atoms with Gasteiger partial charge in [-0.2, -0.15) is 0 Å². The Kier molecular flexibility index (Phi) is 8.81. The number of anilines is 1. The van der Waals surface area contributed by atoms with Gasteiger partial charge in [0, 0.05) is 25.5 Å². The van der Waals surface area contributed by atoms with Gasteiger partial charge < -0.3 is 25.2 Å². The first-order valence-electron chi connectivity index (χ1n) is 13.4. The number of benzene rings is 2. The number of β-amino-alcohol motifs (C(OH)–C–C–N with tert-alkyl or cyclic N) is 1. The maximum absolute atomic E-state index is 15.1. The predicted molar refractivity (Wildman–Crippen MR) is 147 cm³/mol. The Hall–Kier alpha value is -4.19. The molecule has 0 aromatic heterocycles. The lowest BCUT2D eigenvalue weighted by atomic mass is 10.0. The van der Waals surface area contributed by atoms with Gasteiger partial charge in [-0.05, 0) is 50.1 Å². The van der Waals surface area contributed by atoms with Crippen molar-refractivity contribution in [2.24, 2.45) is 0 Å².